The monoisotopic (exact) mass is 326 g/mol. The molecule has 1 amide bonds. The maximum absolute atomic E-state index is 12.6. The summed E-state index contributed by atoms with van der Waals surface area (Å²) in [4.78, 5) is 14.3. The SMILES string of the molecule is COc1ccc(Br)c(C(=O)N(C)C(CN)C2CC2)c1. The maximum atomic E-state index is 12.6. The van der Waals surface area contributed by atoms with Crippen molar-refractivity contribution in [2.75, 3.05) is 20.7 Å². The number of benzene rings is 1. The molecule has 1 aliphatic carbocycles. The number of likely N-dealkylation sites (N-methyl/N-ethyl adjacent to an activating group) is 1. The van der Waals surface area contributed by atoms with Gasteiger partial charge in [-0.1, -0.05) is 0 Å². The number of ether oxygens (including phenoxy) is 1. The molecule has 4 nitrogen and oxygen atoms in total. The zero-order chi connectivity index (χ0) is 14.0. The van der Waals surface area contributed by atoms with Crippen LogP contribution in [0, 0.1) is 5.92 Å². The minimum atomic E-state index is -0.0203. The van der Waals surface area contributed by atoms with Gasteiger partial charge in [-0.05, 0) is 52.9 Å². The molecule has 0 aromatic heterocycles. The van der Waals surface area contributed by atoms with Gasteiger partial charge in [0, 0.05) is 24.1 Å². The molecule has 2 rings (SSSR count). The molecule has 1 fully saturated rings. The van der Waals surface area contributed by atoms with E-state index in [1.807, 2.05) is 19.2 Å². The number of hydrogen-bond acceptors (Lipinski definition) is 3. The van der Waals surface area contributed by atoms with Crippen LogP contribution in [0.1, 0.15) is 23.2 Å². The quantitative estimate of drug-likeness (QED) is 0.903. The molecule has 0 radical (unpaired) electrons. The molecule has 0 saturated heterocycles. The first-order chi connectivity index (χ1) is 9.08. The summed E-state index contributed by atoms with van der Waals surface area (Å²) < 4.78 is 5.94. The van der Waals surface area contributed by atoms with Crippen molar-refractivity contribution in [1.82, 2.24) is 4.90 Å². The normalized spacial score (nSPS) is 16.0. The second kappa shape index (κ2) is 5.92. The Balaban J connectivity index is 2.22. The zero-order valence-electron chi connectivity index (χ0n) is 11.2. The number of amides is 1. The first kappa shape index (κ1) is 14.3. The van der Waals surface area contributed by atoms with Gasteiger partial charge in [-0.15, -0.1) is 0 Å². The lowest BCUT2D eigenvalue weighted by Crippen LogP contribution is -2.43. The van der Waals surface area contributed by atoms with E-state index < -0.39 is 0 Å². The third kappa shape index (κ3) is 3.09. The number of carbonyl (C=O) groups excluding carboxylic acids is 1. The van der Waals surface area contributed by atoms with Crippen LogP contribution in [0.5, 0.6) is 5.75 Å². The number of nitrogens with two attached hydrogens (primary N) is 1. The number of rotatable bonds is 5. The van der Waals surface area contributed by atoms with Gasteiger partial charge >= 0.3 is 0 Å². The topological polar surface area (TPSA) is 55.6 Å². The van der Waals surface area contributed by atoms with Crippen molar-refractivity contribution in [2.24, 2.45) is 11.7 Å². The summed E-state index contributed by atoms with van der Waals surface area (Å²) in [5.74, 6) is 1.21. The largest absolute Gasteiger partial charge is 0.497 e. The summed E-state index contributed by atoms with van der Waals surface area (Å²) >= 11 is 3.42. The van der Waals surface area contributed by atoms with E-state index in [1.165, 1.54) is 12.8 Å². The number of hydrogen-bond donors (Lipinski definition) is 1. The van der Waals surface area contributed by atoms with E-state index in [0.717, 1.165) is 4.47 Å². The number of carbonyl (C=O) groups is 1. The van der Waals surface area contributed by atoms with Crippen LogP contribution in [-0.2, 0) is 0 Å². The molecule has 1 aliphatic rings. The Morgan fingerprint density at radius 1 is 1.58 bits per heavy atom. The van der Waals surface area contributed by atoms with Gasteiger partial charge in [0.05, 0.1) is 12.7 Å². The number of halogens is 1. The Labute approximate surface area is 122 Å². The van der Waals surface area contributed by atoms with Gasteiger partial charge in [0.1, 0.15) is 5.75 Å². The summed E-state index contributed by atoms with van der Waals surface area (Å²) in [6.07, 6.45) is 2.33. The minimum absolute atomic E-state index is 0.0203. The van der Waals surface area contributed by atoms with Gasteiger partial charge in [0.25, 0.3) is 5.91 Å². The molecule has 2 N–H and O–H groups in total. The highest BCUT2D eigenvalue weighted by molar-refractivity contribution is 9.10. The fraction of sp³-hybridized carbons (Fsp3) is 0.500. The van der Waals surface area contributed by atoms with Crippen LogP contribution in [-0.4, -0.2) is 37.6 Å². The molecule has 1 saturated carbocycles. The number of methoxy groups -OCH3 is 1. The lowest BCUT2D eigenvalue weighted by Gasteiger charge is -2.27. The summed E-state index contributed by atoms with van der Waals surface area (Å²) in [6, 6.07) is 5.53. The second-order valence-corrected chi connectivity index (χ2v) is 5.76. The Kier molecular flexibility index (Phi) is 4.47. The molecule has 1 atom stereocenters. The van der Waals surface area contributed by atoms with Crippen LogP contribution in [0.3, 0.4) is 0 Å². The van der Waals surface area contributed by atoms with Crippen molar-refractivity contribution < 1.29 is 9.53 Å². The highest BCUT2D eigenvalue weighted by atomic mass is 79.9. The van der Waals surface area contributed by atoms with Gasteiger partial charge in [-0.2, -0.15) is 0 Å². The van der Waals surface area contributed by atoms with Crippen LogP contribution in [0.4, 0.5) is 0 Å². The van der Waals surface area contributed by atoms with Gasteiger partial charge < -0.3 is 15.4 Å². The maximum Gasteiger partial charge on any atom is 0.255 e. The summed E-state index contributed by atoms with van der Waals surface area (Å²) in [5, 5.41) is 0. The molecule has 0 aliphatic heterocycles. The third-order valence-electron chi connectivity index (χ3n) is 3.63. The van der Waals surface area contributed by atoms with Crippen molar-refractivity contribution in [3.8, 4) is 5.75 Å². The Hall–Kier alpha value is -1.07. The van der Waals surface area contributed by atoms with E-state index >= 15 is 0 Å². The Morgan fingerprint density at radius 2 is 2.26 bits per heavy atom. The molecule has 1 aromatic carbocycles. The van der Waals surface area contributed by atoms with E-state index in [1.54, 1.807) is 18.1 Å². The van der Waals surface area contributed by atoms with Crippen molar-refractivity contribution in [3.05, 3.63) is 28.2 Å². The molecule has 1 aromatic rings. The van der Waals surface area contributed by atoms with Gasteiger partial charge in [0.15, 0.2) is 0 Å². The van der Waals surface area contributed by atoms with E-state index in [4.69, 9.17) is 10.5 Å². The van der Waals surface area contributed by atoms with Crippen LogP contribution in [0.2, 0.25) is 0 Å². The van der Waals surface area contributed by atoms with Crippen molar-refractivity contribution in [2.45, 2.75) is 18.9 Å². The summed E-state index contributed by atoms with van der Waals surface area (Å²) in [6.45, 7) is 0.508. The molecule has 5 heteroatoms. The van der Waals surface area contributed by atoms with Crippen molar-refractivity contribution in [3.63, 3.8) is 0 Å². The molecule has 0 heterocycles. The van der Waals surface area contributed by atoms with E-state index in [-0.39, 0.29) is 11.9 Å². The smallest absolute Gasteiger partial charge is 0.255 e. The predicted octanol–water partition coefficient (Wildman–Crippen LogP) is 2.27. The van der Waals surface area contributed by atoms with Gasteiger partial charge in [0.2, 0.25) is 0 Å². The molecule has 0 spiro atoms. The van der Waals surface area contributed by atoms with Crippen molar-refractivity contribution >= 4 is 21.8 Å². The van der Waals surface area contributed by atoms with E-state index in [2.05, 4.69) is 15.9 Å². The molecule has 0 bridgehead atoms. The Morgan fingerprint density at radius 3 is 2.79 bits per heavy atom. The van der Waals surface area contributed by atoms with Crippen LogP contribution in [0.15, 0.2) is 22.7 Å². The number of nitrogens with zero attached hydrogens (tertiary/aromatic N) is 1. The Bertz CT molecular complexity index is 475. The first-order valence-corrected chi connectivity index (χ1v) is 7.18. The molecular formula is C14H19BrN2O2. The molecule has 19 heavy (non-hydrogen) atoms. The van der Waals surface area contributed by atoms with Crippen molar-refractivity contribution in [1.29, 1.82) is 0 Å². The highest BCUT2D eigenvalue weighted by Gasteiger charge is 2.35. The standard InChI is InChI=1S/C14H19BrN2O2/c1-17(13(8-16)9-3-4-9)14(18)11-7-10(19-2)5-6-12(11)15/h5-7,9,13H,3-4,8,16H2,1-2H3. The predicted molar refractivity (Wildman–Crippen MR) is 78.4 cm³/mol. The minimum Gasteiger partial charge on any atom is -0.497 e. The molecule has 104 valence electrons. The molecular weight excluding hydrogens is 308 g/mol. The third-order valence-corrected chi connectivity index (χ3v) is 4.32. The average molecular weight is 327 g/mol. The van der Waals surface area contributed by atoms with Crippen LogP contribution < -0.4 is 10.5 Å². The summed E-state index contributed by atoms with van der Waals surface area (Å²) in [5.41, 5.74) is 6.41. The van der Waals surface area contributed by atoms with Crippen LogP contribution in [0.25, 0.3) is 0 Å². The highest BCUT2D eigenvalue weighted by Crippen LogP contribution is 2.35. The van der Waals surface area contributed by atoms with Gasteiger partial charge in [-0.3, -0.25) is 4.79 Å². The fourth-order valence-electron chi connectivity index (χ4n) is 2.28. The first-order valence-electron chi connectivity index (χ1n) is 6.39. The second-order valence-electron chi connectivity index (χ2n) is 4.90. The zero-order valence-corrected chi connectivity index (χ0v) is 12.8. The summed E-state index contributed by atoms with van der Waals surface area (Å²) in [7, 11) is 3.41. The lowest BCUT2D eigenvalue weighted by molar-refractivity contribution is 0.0717. The average Bonchev–Trinajstić information content (AvgIpc) is 3.24. The van der Waals surface area contributed by atoms with Crippen LogP contribution >= 0.6 is 15.9 Å². The van der Waals surface area contributed by atoms with E-state index in [0.29, 0.717) is 23.8 Å². The molecule has 1 unspecified atom stereocenters. The fourth-order valence-corrected chi connectivity index (χ4v) is 2.70. The van der Waals surface area contributed by atoms with Gasteiger partial charge in [-0.25, -0.2) is 0 Å². The van der Waals surface area contributed by atoms with E-state index in [9.17, 15) is 4.79 Å². The lowest BCUT2D eigenvalue weighted by atomic mass is 10.1.